The molecule has 492 valence electrons. The van der Waals surface area contributed by atoms with Crippen molar-refractivity contribution in [3.05, 3.63) is 0 Å². The summed E-state index contributed by atoms with van der Waals surface area (Å²) in [6.45, 7) is 4.43. The SMILES string of the molecule is CCCCCCCCCCCCCCCCCCCCCCCCCCCCCCCCCCCCCCCCCC(=O)NC(CO)C(O)CCCCCCCCCCCCCCCCCCCCCCCCCCCCCCCCC. The van der Waals surface area contributed by atoms with E-state index in [-0.39, 0.29) is 12.5 Å². The van der Waals surface area contributed by atoms with Crippen molar-refractivity contribution in [3.63, 3.8) is 0 Å². The Morgan fingerprint density at radius 2 is 0.390 bits per heavy atom. The average Bonchev–Trinajstić information content (AvgIpc) is 3.50. The molecule has 0 saturated heterocycles. The Kier molecular flexibility index (Phi) is 74.1. The van der Waals surface area contributed by atoms with Crippen LogP contribution < -0.4 is 5.32 Å². The Morgan fingerprint density at radius 1 is 0.244 bits per heavy atom. The molecule has 0 saturated carbocycles. The van der Waals surface area contributed by atoms with Crippen molar-refractivity contribution in [1.29, 1.82) is 0 Å². The van der Waals surface area contributed by atoms with Crippen LogP contribution in [0, 0.1) is 0 Å². The van der Waals surface area contributed by atoms with Crippen LogP contribution in [-0.4, -0.2) is 34.9 Å². The Balaban J connectivity index is 3.33. The van der Waals surface area contributed by atoms with Crippen molar-refractivity contribution in [2.45, 2.75) is 488 Å². The van der Waals surface area contributed by atoms with E-state index < -0.39 is 12.1 Å². The highest BCUT2D eigenvalue weighted by atomic mass is 16.3. The van der Waals surface area contributed by atoms with E-state index in [2.05, 4.69) is 19.2 Å². The molecule has 3 N–H and O–H groups in total. The number of aliphatic hydroxyl groups excluding tert-OH is 2. The fourth-order valence-corrected chi connectivity index (χ4v) is 13.2. The van der Waals surface area contributed by atoms with Gasteiger partial charge in [0.2, 0.25) is 5.91 Å². The molecule has 82 heavy (non-hydrogen) atoms. The third kappa shape index (κ3) is 70.2. The molecule has 0 radical (unpaired) electrons. The molecule has 0 aromatic heterocycles. The van der Waals surface area contributed by atoms with Crippen molar-refractivity contribution in [3.8, 4) is 0 Å². The highest BCUT2D eigenvalue weighted by molar-refractivity contribution is 5.76. The van der Waals surface area contributed by atoms with E-state index >= 15 is 0 Å². The van der Waals surface area contributed by atoms with E-state index in [1.807, 2.05) is 0 Å². The zero-order valence-electron chi connectivity index (χ0n) is 57.1. The number of nitrogens with one attached hydrogen (secondary N) is 1. The first-order valence-electron chi connectivity index (χ1n) is 39.2. The number of rotatable bonds is 75. The van der Waals surface area contributed by atoms with Crippen molar-refractivity contribution < 1.29 is 15.0 Å². The predicted molar refractivity (Wildman–Crippen MR) is 369 cm³/mol. The number of aliphatic hydroxyl groups is 2. The molecule has 4 heteroatoms. The molecule has 0 fully saturated rings. The molecule has 0 aliphatic carbocycles. The number of amides is 1. The maximum absolute atomic E-state index is 12.6. The van der Waals surface area contributed by atoms with E-state index in [1.54, 1.807) is 0 Å². The van der Waals surface area contributed by atoms with Gasteiger partial charge in [0.05, 0.1) is 18.8 Å². The lowest BCUT2D eigenvalue weighted by atomic mass is 10.0. The molecule has 2 unspecified atom stereocenters. The Morgan fingerprint density at radius 3 is 0.549 bits per heavy atom. The van der Waals surface area contributed by atoms with E-state index in [0.29, 0.717) is 12.8 Å². The van der Waals surface area contributed by atoms with E-state index in [1.165, 1.54) is 424 Å². The monoisotopic (exact) mass is 1160 g/mol. The van der Waals surface area contributed by atoms with Gasteiger partial charge in [-0.15, -0.1) is 0 Å². The lowest BCUT2D eigenvalue weighted by molar-refractivity contribution is -0.123. The molecule has 0 bridgehead atoms. The fourth-order valence-electron chi connectivity index (χ4n) is 13.2. The lowest BCUT2D eigenvalue weighted by Gasteiger charge is -2.22. The highest BCUT2D eigenvalue weighted by Crippen LogP contribution is 2.21. The van der Waals surface area contributed by atoms with Crippen molar-refractivity contribution in [2.24, 2.45) is 0 Å². The van der Waals surface area contributed by atoms with Gasteiger partial charge in [0.1, 0.15) is 0 Å². The Hall–Kier alpha value is -0.610. The Labute approximate surface area is 518 Å². The van der Waals surface area contributed by atoms with Crippen LogP contribution >= 0.6 is 0 Å². The van der Waals surface area contributed by atoms with Gasteiger partial charge in [-0.1, -0.05) is 457 Å². The van der Waals surface area contributed by atoms with Crippen molar-refractivity contribution in [2.75, 3.05) is 6.61 Å². The van der Waals surface area contributed by atoms with Crippen LogP contribution in [0.2, 0.25) is 0 Å². The topological polar surface area (TPSA) is 69.6 Å². The zero-order chi connectivity index (χ0) is 59.1. The van der Waals surface area contributed by atoms with Crippen LogP contribution in [0.3, 0.4) is 0 Å². The van der Waals surface area contributed by atoms with Gasteiger partial charge in [-0.25, -0.2) is 0 Å². The van der Waals surface area contributed by atoms with Gasteiger partial charge in [-0.3, -0.25) is 4.79 Å². The minimum atomic E-state index is -0.657. The van der Waals surface area contributed by atoms with E-state index in [4.69, 9.17) is 0 Å². The van der Waals surface area contributed by atoms with Crippen LogP contribution in [0.25, 0.3) is 0 Å². The number of carbonyl (C=O) groups is 1. The summed E-state index contributed by atoms with van der Waals surface area (Å²) in [5.74, 6) is -0.0180. The maximum atomic E-state index is 12.6. The minimum absolute atomic E-state index is 0.0180. The van der Waals surface area contributed by atoms with Crippen LogP contribution in [0.15, 0.2) is 0 Å². The summed E-state index contributed by atoms with van der Waals surface area (Å²) in [5, 5.41) is 23.5. The van der Waals surface area contributed by atoms with Gasteiger partial charge in [-0.2, -0.15) is 0 Å². The smallest absolute Gasteiger partial charge is 0.220 e. The van der Waals surface area contributed by atoms with E-state index in [0.717, 1.165) is 25.7 Å². The number of hydrogen-bond acceptors (Lipinski definition) is 3. The summed E-state index contributed by atoms with van der Waals surface area (Å²) < 4.78 is 0. The number of unbranched alkanes of at least 4 members (excludes halogenated alkanes) is 68. The fraction of sp³-hybridized carbons (Fsp3) is 0.987. The molecular weight excluding hydrogens is 999 g/mol. The summed E-state index contributed by atoms with van der Waals surface area (Å²) >= 11 is 0. The zero-order valence-corrected chi connectivity index (χ0v) is 57.1. The first kappa shape index (κ1) is 81.4. The summed E-state index contributed by atoms with van der Waals surface area (Å²) in [7, 11) is 0. The number of carbonyl (C=O) groups excluding carboxylic acids is 1. The normalized spacial score (nSPS) is 12.5. The van der Waals surface area contributed by atoms with Crippen LogP contribution in [0.4, 0.5) is 0 Å². The third-order valence-corrected chi connectivity index (χ3v) is 19.1. The summed E-state index contributed by atoms with van der Waals surface area (Å²) in [6.07, 6.45) is 99.3. The van der Waals surface area contributed by atoms with Crippen LogP contribution in [-0.2, 0) is 4.79 Å². The van der Waals surface area contributed by atoms with Gasteiger partial charge in [-0.05, 0) is 12.8 Å². The molecular formula is C78H157NO3. The standard InChI is InChI=1S/C78H157NO3/c1-3-5-7-9-11-13-15-17-19-21-23-25-27-29-31-33-35-36-37-38-39-40-41-42-44-46-48-50-52-54-56-58-60-62-64-66-68-70-72-74-78(82)79-76(75-80)77(81)73-71-69-67-65-63-61-59-57-55-53-51-49-47-45-43-34-32-30-28-26-24-22-20-18-16-14-12-10-8-6-4-2/h76-77,80-81H,3-75H2,1-2H3,(H,79,82). The Bertz CT molecular complexity index is 1130. The van der Waals surface area contributed by atoms with Gasteiger partial charge in [0, 0.05) is 6.42 Å². The summed E-state index contributed by atoms with van der Waals surface area (Å²) in [4.78, 5) is 12.6. The van der Waals surface area contributed by atoms with Gasteiger partial charge in [0.25, 0.3) is 0 Å². The third-order valence-electron chi connectivity index (χ3n) is 19.1. The summed E-state index contributed by atoms with van der Waals surface area (Å²) in [6, 6.07) is -0.534. The first-order valence-corrected chi connectivity index (χ1v) is 39.2. The average molecular weight is 1160 g/mol. The molecule has 0 spiro atoms. The lowest BCUT2D eigenvalue weighted by Crippen LogP contribution is -2.45. The second-order valence-electron chi connectivity index (χ2n) is 27.5. The number of hydrogen-bond donors (Lipinski definition) is 3. The van der Waals surface area contributed by atoms with Crippen LogP contribution in [0.5, 0.6) is 0 Å². The molecule has 0 heterocycles. The van der Waals surface area contributed by atoms with Gasteiger partial charge >= 0.3 is 0 Å². The second kappa shape index (κ2) is 74.6. The summed E-state index contributed by atoms with van der Waals surface area (Å²) in [5.41, 5.74) is 0. The molecule has 2 atom stereocenters. The van der Waals surface area contributed by atoms with Crippen molar-refractivity contribution >= 4 is 5.91 Å². The first-order chi connectivity index (χ1) is 40.7. The van der Waals surface area contributed by atoms with Gasteiger partial charge < -0.3 is 15.5 Å². The van der Waals surface area contributed by atoms with E-state index in [9.17, 15) is 15.0 Å². The predicted octanol–water partition coefficient (Wildman–Crippen LogP) is 27.0. The van der Waals surface area contributed by atoms with Crippen LogP contribution in [0.1, 0.15) is 476 Å². The van der Waals surface area contributed by atoms with Gasteiger partial charge in [0.15, 0.2) is 0 Å². The molecule has 0 aliphatic rings. The molecule has 0 aliphatic heterocycles. The molecule has 0 aromatic rings. The minimum Gasteiger partial charge on any atom is -0.394 e. The second-order valence-corrected chi connectivity index (χ2v) is 27.5. The van der Waals surface area contributed by atoms with Crippen molar-refractivity contribution in [1.82, 2.24) is 5.32 Å². The maximum Gasteiger partial charge on any atom is 0.220 e. The quantitative estimate of drug-likeness (QED) is 0.0532. The molecule has 0 aromatic carbocycles. The molecule has 1 amide bonds. The highest BCUT2D eigenvalue weighted by Gasteiger charge is 2.20. The molecule has 0 rings (SSSR count). The molecule has 4 nitrogen and oxygen atoms in total. The largest absolute Gasteiger partial charge is 0.394 e.